The molecule has 2 aliphatic heterocycles. The number of amidine groups is 1. The maximum absolute atomic E-state index is 4.02. The Labute approximate surface area is 52.5 Å². The summed E-state index contributed by atoms with van der Waals surface area (Å²) >= 11 is 0. The van der Waals surface area contributed by atoms with Crippen LogP contribution in [0.15, 0.2) is 29.0 Å². The van der Waals surface area contributed by atoms with Crippen LogP contribution in [0.25, 0.3) is 0 Å². The standard InChI is InChI=1S/C6H5N3/c1-2-8-6-5(1)3-7-4-9-6/h1-4H,(H,7,9)/q+1. The van der Waals surface area contributed by atoms with Crippen LogP contribution >= 0.6 is 0 Å². The number of fused-ring (bicyclic) bond motifs is 1. The summed E-state index contributed by atoms with van der Waals surface area (Å²) < 4.78 is 0. The van der Waals surface area contributed by atoms with E-state index in [4.69, 9.17) is 0 Å². The first-order chi connectivity index (χ1) is 4.47. The van der Waals surface area contributed by atoms with Crippen molar-refractivity contribution in [3.8, 4) is 0 Å². The van der Waals surface area contributed by atoms with E-state index in [1.807, 2.05) is 6.08 Å². The number of rotatable bonds is 0. The monoisotopic (exact) mass is 119 g/mol. The van der Waals surface area contributed by atoms with Crippen molar-refractivity contribution in [2.24, 2.45) is 4.99 Å². The van der Waals surface area contributed by atoms with E-state index < -0.39 is 0 Å². The van der Waals surface area contributed by atoms with Crippen molar-refractivity contribution in [2.75, 3.05) is 0 Å². The van der Waals surface area contributed by atoms with E-state index >= 15 is 0 Å². The molecule has 0 spiro atoms. The van der Waals surface area contributed by atoms with Crippen LogP contribution in [-0.4, -0.2) is 12.2 Å². The minimum Gasteiger partial charge on any atom is -0.227 e. The van der Waals surface area contributed by atoms with Crippen LogP contribution in [0, 0.1) is 0 Å². The van der Waals surface area contributed by atoms with Gasteiger partial charge in [0.2, 0.25) is 0 Å². The molecule has 0 bridgehead atoms. The smallest absolute Gasteiger partial charge is 0.227 e. The Morgan fingerprint density at radius 1 is 1.56 bits per heavy atom. The van der Waals surface area contributed by atoms with Gasteiger partial charge in [-0.1, -0.05) is 0 Å². The van der Waals surface area contributed by atoms with E-state index in [2.05, 4.69) is 15.3 Å². The summed E-state index contributed by atoms with van der Waals surface area (Å²) in [4.78, 5) is 7.91. The zero-order valence-electron chi connectivity index (χ0n) is 4.70. The largest absolute Gasteiger partial charge is 0.330 e. The molecule has 0 atom stereocenters. The minimum absolute atomic E-state index is 0.894. The van der Waals surface area contributed by atoms with Gasteiger partial charge in [-0.3, -0.25) is 0 Å². The average molecular weight is 119 g/mol. The van der Waals surface area contributed by atoms with Crippen molar-refractivity contribution in [1.29, 1.82) is 0 Å². The molecule has 0 aliphatic carbocycles. The fourth-order valence-corrected chi connectivity index (χ4v) is 0.786. The van der Waals surface area contributed by atoms with Crippen molar-refractivity contribution in [3.63, 3.8) is 0 Å². The number of hydrogen-bond acceptors (Lipinski definition) is 3. The number of hydrogen-bond donors (Lipinski definition) is 1. The van der Waals surface area contributed by atoms with Gasteiger partial charge in [0.15, 0.2) is 6.34 Å². The second-order valence-electron chi connectivity index (χ2n) is 1.80. The van der Waals surface area contributed by atoms with Gasteiger partial charge >= 0.3 is 5.84 Å². The van der Waals surface area contributed by atoms with E-state index in [1.165, 1.54) is 0 Å². The molecule has 0 unspecified atom stereocenters. The van der Waals surface area contributed by atoms with Crippen LogP contribution in [0.4, 0.5) is 0 Å². The second-order valence-corrected chi connectivity index (χ2v) is 1.80. The molecule has 2 heterocycles. The summed E-state index contributed by atoms with van der Waals surface area (Å²) in [5.41, 5.74) is 1.05. The number of nitrogens with one attached hydrogen (secondary N) is 1. The van der Waals surface area contributed by atoms with E-state index in [0.717, 1.165) is 11.4 Å². The van der Waals surface area contributed by atoms with E-state index in [0.29, 0.717) is 0 Å². The van der Waals surface area contributed by atoms with Gasteiger partial charge in [-0.2, -0.15) is 0 Å². The molecular weight excluding hydrogens is 114 g/mol. The van der Waals surface area contributed by atoms with Crippen LogP contribution in [0.5, 0.6) is 0 Å². The topological polar surface area (TPSA) is 38.5 Å². The molecule has 0 saturated carbocycles. The summed E-state index contributed by atoms with van der Waals surface area (Å²) in [6, 6.07) is 0. The second kappa shape index (κ2) is 1.55. The minimum atomic E-state index is 0.894. The molecule has 1 N–H and O–H groups in total. The maximum Gasteiger partial charge on any atom is 0.330 e. The Hall–Kier alpha value is -1.38. The third-order valence-electron chi connectivity index (χ3n) is 1.22. The first-order valence-electron chi connectivity index (χ1n) is 2.70. The molecule has 0 amide bonds. The lowest BCUT2D eigenvalue weighted by atomic mass is 10.3. The van der Waals surface area contributed by atoms with Gasteiger partial charge < -0.3 is 0 Å². The zero-order valence-corrected chi connectivity index (χ0v) is 4.70. The Bertz CT molecular complexity index is 245. The molecule has 0 aromatic rings. The Morgan fingerprint density at radius 2 is 2.56 bits per heavy atom. The van der Waals surface area contributed by atoms with Crippen LogP contribution < -0.4 is 10.3 Å². The van der Waals surface area contributed by atoms with Gasteiger partial charge in [-0.05, 0) is 11.1 Å². The summed E-state index contributed by atoms with van der Waals surface area (Å²) in [6.07, 6.45) is 7.07. The third kappa shape index (κ3) is 0.579. The van der Waals surface area contributed by atoms with Crippen LogP contribution in [-0.2, 0) is 0 Å². The lowest BCUT2D eigenvalue weighted by Crippen LogP contribution is -2.26. The summed E-state index contributed by atoms with van der Waals surface area (Å²) in [5, 5.41) is 2.91. The first-order valence-corrected chi connectivity index (χ1v) is 2.70. The van der Waals surface area contributed by atoms with Gasteiger partial charge in [-0.25, -0.2) is 10.3 Å². The molecular formula is C6H5N3+. The Kier molecular flexibility index (Phi) is 0.773. The van der Waals surface area contributed by atoms with Gasteiger partial charge in [-0.15, -0.1) is 0 Å². The molecule has 0 fully saturated rings. The normalized spacial score (nSPS) is 20.4. The van der Waals surface area contributed by atoms with E-state index in [9.17, 15) is 0 Å². The summed E-state index contributed by atoms with van der Waals surface area (Å²) in [5.74, 6) is 0.894. The predicted molar refractivity (Wildman–Crippen MR) is 36.0 cm³/mol. The van der Waals surface area contributed by atoms with Crippen molar-refractivity contribution in [1.82, 2.24) is 10.3 Å². The van der Waals surface area contributed by atoms with Crippen molar-refractivity contribution in [2.45, 2.75) is 0 Å². The van der Waals surface area contributed by atoms with Crippen molar-refractivity contribution in [3.05, 3.63) is 24.0 Å². The van der Waals surface area contributed by atoms with Crippen LogP contribution in [0.3, 0.4) is 0 Å². The van der Waals surface area contributed by atoms with Gasteiger partial charge in [0.25, 0.3) is 0 Å². The fraction of sp³-hybridized carbons (Fsp3) is 0. The molecule has 0 aromatic carbocycles. The molecule has 0 saturated heterocycles. The summed E-state index contributed by atoms with van der Waals surface area (Å²) in [6.45, 7) is 0. The van der Waals surface area contributed by atoms with Gasteiger partial charge in [0.05, 0.1) is 5.57 Å². The molecule has 3 heteroatoms. The first kappa shape index (κ1) is 4.49. The maximum atomic E-state index is 4.02. The molecule has 43 valence electrons. The van der Waals surface area contributed by atoms with Gasteiger partial charge in [0, 0.05) is 6.20 Å². The molecule has 1 radical (unpaired) electrons. The number of aliphatic imine (C=N–C) groups is 2. The highest BCUT2D eigenvalue weighted by Gasteiger charge is 2.18. The lowest BCUT2D eigenvalue weighted by molar-refractivity contribution is 1.27. The Balaban J connectivity index is 2.46. The SMILES string of the molecule is C1=CC2=CN=CNC2=[N+]1. The number of nitrogens with zero attached hydrogens (tertiary/aromatic N) is 2. The molecule has 2 aliphatic rings. The fourth-order valence-electron chi connectivity index (χ4n) is 0.786. The zero-order chi connectivity index (χ0) is 6.10. The van der Waals surface area contributed by atoms with Crippen LogP contribution in [0.1, 0.15) is 0 Å². The highest BCUT2D eigenvalue weighted by molar-refractivity contribution is 6.08. The molecule has 3 nitrogen and oxygen atoms in total. The summed E-state index contributed by atoms with van der Waals surface area (Å²) in [7, 11) is 0. The van der Waals surface area contributed by atoms with E-state index in [1.54, 1.807) is 18.7 Å². The molecule has 9 heavy (non-hydrogen) atoms. The van der Waals surface area contributed by atoms with Crippen molar-refractivity contribution < 1.29 is 0 Å². The van der Waals surface area contributed by atoms with Crippen LogP contribution in [0.2, 0.25) is 0 Å². The quantitative estimate of drug-likeness (QED) is 0.469. The Morgan fingerprint density at radius 3 is 3.44 bits per heavy atom. The average Bonchev–Trinajstić information content (AvgIpc) is 2.33. The highest BCUT2D eigenvalue weighted by Crippen LogP contribution is 2.03. The van der Waals surface area contributed by atoms with Crippen molar-refractivity contribution >= 4 is 12.2 Å². The molecule has 2 rings (SSSR count). The lowest BCUT2D eigenvalue weighted by Gasteiger charge is -1.93. The third-order valence-corrected chi connectivity index (χ3v) is 1.22. The predicted octanol–water partition coefficient (Wildman–Crippen LogP) is -0.237. The van der Waals surface area contributed by atoms with Gasteiger partial charge in [0.1, 0.15) is 6.20 Å². The van der Waals surface area contributed by atoms with E-state index in [-0.39, 0.29) is 0 Å². The molecule has 0 aromatic heterocycles. The highest BCUT2D eigenvalue weighted by atomic mass is 15.0.